The van der Waals surface area contributed by atoms with Crippen molar-refractivity contribution in [1.29, 1.82) is 0 Å². The third kappa shape index (κ3) is 2.32. The van der Waals surface area contributed by atoms with Gasteiger partial charge in [-0.05, 0) is 19.9 Å². The van der Waals surface area contributed by atoms with Crippen molar-refractivity contribution in [2.45, 2.75) is 44.2 Å². The third-order valence-electron chi connectivity index (χ3n) is 3.46. The number of piperidine rings is 1. The summed E-state index contributed by atoms with van der Waals surface area (Å²) in [6, 6.07) is 1.39. The number of hydrogen-bond donors (Lipinski definition) is 0. The van der Waals surface area contributed by atoms with Crippen LogP contribution in [0.3, 0.4) is 0 Å². The molecule has 82 valence electrons. The van der Waals surface area contributed by atoms with Crippen LogP contribution in [0.5, 0.6) is 0 Å². The van der Waals surface area contributed by atoms with Crippen LogP contribution in [-0.4, -0.2) is 36.3 Å². The Hall–Kier alpha value is -1.01. The predicted molar refractivity (Wildman–Crippen MR) is 60.6 cm³/mol. The van der Waals surface area contributed by atoms with Gasteiger partial charge in [-0.25, -0.2) is 0 Å². The van der Waals surface area contributed by atoms with E-state index < -0.39 is 0 Å². The Bertz CT molecular complexity index is 276. The summed E-state index contributed by atoms with van der Waals surface area (Å²) < 4.78 is 0. The summed E-state index contributed by atoms with van der Waals surface area (Å²) in [6.07, 6.45) is 10.5. The number of hydrogen-bond acceptors (Lipinski definition) is 3. The number of rotatable bonds is 3. The lowest BCUT2D eigenvalue weighted by Gasteiger charge is -2.31. The fourth-order valence-corrected chi connectivity index (χ4v) is 2.53. The fourth-order valence-electron chi connectivity index (χ4n) is 2.53. The number of terminal acetylenes is 1. The molecule has 2 saturated heterocycles. The van der Waals surface area contributed by atoms with Crippen molar-refractivity contribution in [3.63, 3.8) is 0 Å². The van der Waals surface area contributed by atoms with Crippen LogP contribution >= 0.6 is 0 Å². The molecular weight excluding hydrogens is 188 g/mol. The number of nitrogens with zero attached hydrogens (tertiary/aromatic N) is 2. The summed E-state index contributed by atoms with van der Waals surface area (Å²) in [5.74, 6) is 2.54. The van der Waals surface area contributed by atoms with Gasteiger partial charge in [-0.2, -0.15) is 0 Å². The highest BCUT2D eigenvalue weighted by Gasteiger charge is 2.36. The lowest BCUT2D eigenvalue weighted by molar-refractivity contribution is 0.144. The minimum atomic E-state index is 0.547. The molecule has 0 unspecified atom stereocenters. The molecule has 3 nitrogen and oxygen atoms in total. The molecule has 15 heavy (non-hydrogen) atoms. The molecule has 0 amide bonds. The number of oxime groups is 1. The van der Waals surface area contributed by atoms with Crippen LogP contribution in [0.15, 0.2) is 5.16 Å². The molecule has 0 aromatic rings. The van der Waals surface area contributed by atoms with Gasteiger partial charge < -0.3 is 4.84 Å². The van der Waals surface area contributed by atoms with E-state index in [0.29, 0.717) is 25.1 Å². The van der Waals surface area contributed by atoms with Crippen LogP contribution in [0.25, 0.3) is 0 Å². The van der Waals surface area contributed by atoms with Gasteiger partial charge in [0.05, 0.1) is 5.71 Å². The minimum Gasteiger partial charge on any atom is -0.395 e. The molecule has 2 bridgehead atoms. The molecule has 0 aliphatic carbocycles. The van der Waals surface area contributed by atoms with Crippen molar-refractivity contribution in [1.82, 2.24) is 4.90 Å². The van der Waals surface area contributed by atoms with E-state index >= 15 is 0 Å². The summed E-state index contributed by atoms with van der Waals surface area (Å²) in [4.78, 5) is 7.69. The van der Waals surface area contributed by atoms with Gasteiger partial charge in [-0.15, -0.1) is 12.3 Å². The first-order chi connectivity index (χ1) is 7.31. The Morgan fingerprint density at radius 2 is 2.13 bits per heavy atom. The van der Waals surface area contributed by atoms with Gasteiger partial charge >= 0.3 is 0 Å². The van der Waals surface area contributed by atoms with Crippen molar-refractivity contribution in [3.8, 4) is 12.3 Å². The highest BCUT2D eigenvalue weighted by Crippen LogP contribution is 2.32. The van der Waals surface area contributed by atoms with Crippen molar-refractivity contribution in [2.75, 3.05) is 13.7 Å². The van der Waals surface area contributed by atoms with Crippen LogP contribution < -0.4 is 0 Å². The zero-order valence-electron chi connectivity index (χ0n) is 9.28. The Balaban J connectivity index is 1.83. The standard InChI is InChI=1S/C12H18N2O/c1-3-4-7-15-13-10-8-11-5-6-12(9-10)14(11)2/h1,11-12H,4-9H2,2H3/t11-,12+. The van der Waals surface area contributed by atoms with E-state index in [1.807, 2.05) is 0 Å². The van der Waals surface area contributed by atoms with E-state index in [4.69, 9.17) is 11.3 Å². The summed E-state index contributed by atoms with van der Waals surface area (Å²) in [5, 5.41) is 4.19. The lowest BCUT2D eigenvalue weighted by Crippen LogP contribution is -2.40. The monoisotopic (exact) mass is 206 g/mol. The van der Waals surface area contributed by atoms with E-state index in [-0.39, 0.29) is 0 Å². The molecule has 0 saturated carbocycles. The van der Waals surface area contributed by atoms with Gasteiger partial charge in [0.15, 0.2) is 0 Å². The highest BCUT2D eigenvalue weighted by molar-refractivity contribution is 5.86. The highest BCUT2D eigenvalue weighted by atomic mass is 16.6. The summed E-state index contributed by atoms with van der Waals surface area (Å²) in [5.41, 5.74) is 1.22. The van der Waals surface area contributed by atoms with Crippen LogP contribution in [0.4, 0.5) is 0 Å². The number of fused-ring (bicyclic) bond motifs is 2. The normalized spacial score (nSPS) is 32.9. The summed E-state index contributed by atoms with van der Waals surface area (Å²) in [7, 11) is 2.22. The molecule has 2 aliphatic rings. The van der Waals surface area contributed by atoms with Crippen LogP contribution in [0.1, 0.15) is 32.1 Å². The largest absolute Gasteiger partial charge is 0.395 e. The topological polar surface area (TPSA) is 24.8 Å². The Morgan fingerprint density at radius 3 is 2.73 bits per heavy atom. The molecule has 0 radical (unpaired) electrons. The van der Waals surface area contributed by atoms with E-state index in [2.05, 4.69) is 23.0 Å². The second-order valence-electron chi connectivity index (χ2n) is 4.40. The van der Waals surface area contributed by atoms with Crippen molar-refractivity contribution in [3.05, 3.63) is 0 Å². The average Bonchev–Trinajstić information content (AvgIpc) is 2.50. The van der Waals surface area contributed by atoms with Crippen LogP contribution in [-0.2, 0) is 4.84 Å². The first kappa shape index (κ1) is 10.5. The average molecular weight is 206 g/mol. The Morgan fingerprint density at radius 1 is 1.47 bits per heavy atom. The molecular formula is C12H18N2O. The predicted octanol–water partition coefficient (Wildman–Crippen LogP) is 1.64. The molecule has 2 fully saturated rings. The molecule has 2 aliphatic heterocycles. The lowest BCUT2D eigenvalue weighted by atomic mass is 10.0. The first-order valence-electron chi connectivity index (χ1n) is 5.64. The minimum absolute atomic E-state index is 0.547. The maximum absolute atomic E-state index is 5.20. The Kier molecular flexibility index (Phi) is 3.27. The third-order valence-corrected chi connectivity index (χ3v) is 3.46. The smallest absolute Gasteiger partial charge is 0.128 e. The quantitative estimate of drug-likeness (QED) is 0.398. The zero-order valence-corrected chi connectivity index (χ0v) is 9.28. The van der Waals surface area contributed by atoms with E-state index in [1.165, 1.54) is 18.6 Å². The molecule has 2 rings (SSSR count). The maximum Gasteiger partial charge on any atom is 0.128 e. The second-order valence-corrected chi connectivity index (χ2v) is 4.40. The summed E-state index contributed by atoms with van der Waals surface area (Å²) >= 11 is 0. The molecule has 3 heteroatoms. The van der Waals surface area contributed by atoms with E-state index in [1.54, 1.807) is 0 Å². The Labute approximate surface area is 91.5 Å². The van der Waals surface area contributed by atoms with Gasteiger partial charge in [0.25, 0.3) is 0 Å². The van der Waals surface area contributed by atoms with Crippen molar-refractivity contribution >= 4 is 5.71 Å². The van der Waals surface area contributed by atoms with E-state index in [9.17, 15) is 0 Å². The first-order valence-corrected chi connectivity index (χ1v) is 5.64. The van der Waals surface area contributed by atoms with Crippen molar-refractivity contribution in [2.24, 2.45) is 5.16 Å². The SMILES string of the molecule is C#CCCON=C1C[C@H]2CC[C@@H](C1)N2C. The fraction of sp³-hybridized carbons (Fsp3) is 0.750. The molecule has 2 heterocycles. The molecule has 0 N–H and O–H groups in total. The van der Waals surface area contributed by atoms with Gasteiger partial charge in [0.2, 0.25) is 0 Å². The van der Waals surface area contributed by atoms with Gasteiger partial charge in [0.1, 0.15) is 6.61 Å². The van der Waals surface area contributed by atoms with Gasteiger partial charge in [-0.3, -0.25) is 4.90 Å². The summed E-state index contributed by atoms with van der Waals surface area (Å²) in [6.45, 7) is 0.547. The van der Waals surface area contributed by atoms with E-state index in [0.717, 1.165) is 12.8 Å². The molecule has 2 atom stereocenters. The zero-order chi connectivity index (χ0) is 10.7. The molecule has 0 spiro atoms. The van der Waals surface area contributed by atoms with Crippen LogP contribution in [0.2, 0.25) is 0 Å². The van der Waals surface area contributed by atoms with Crippen molar-refractivity contribution < 1.29 is 4.84 Å². The second kappa shape index (κ2) is 4.67. The van der Waals surface area contributed by atoms with Gasteiger partial charge in [-0.1, -0.05) is 5.16 Å². The van der Waals surface area contributed by atoms with Crippen LogP contribution in [0, 0.1) is 12.3 Å². The molecule has 0 aromatic heterocycles. The molecule has 0 aromatic carbocycles. The maximum atomic E-state index is 5.20. The van der Waals surface area contributed by atoms with Gasteiger partial charge in [0, 0.05) is 31.3 Å².